The smallest absolute Gasteiger partial charge is 0.270 e. The maximum atomic E-state index is 10.9. The van der Waals surface area contributed by atoms with Crippen LogP contribution in [0.3, 0.4) is 0 Å². The van der Waals surface area contributed by atoms with Crippen LogP contribution in [0.5, 0.6) is 28.7 Å². The number of nitrogens with zero attached hydrogens (tertiary/aromatic N) is 19. The molecule has 32 heteroatoms. The summed E-state index contributed by atoms with van der Waals surface area (Å²) < 4.78 is 6.43. The molecule has 0 bridgehead atoms. The second kappa shape index (κ2) is 32.6. The lowest BCUT2D eigenvalue weighted by molar-refractivity contribution is -0.384. The van der Waals surface area contributed by atoms with Crippen molar-refractivity contribution in [1.29, 1.82) is 0 Å². The molecule has 528 valence electrons. The zero-order valence-electron chi connectivity index (χ0n) is 56.9. The van der Waals surface area contributed by atoms with Gasteiger partial charge in [-0.2, -0.15) is 10.2 Å². The fourth-order valence-electron chi connectivity index (χ4n) is 10.3. The van der Waals surface area contributed by atoms with E-state index in [-0.39, 0.29) is 40.0 Å². The topological polar surface area (TPSA) is 384 Å². The van der Waals surface area contributed by atoms with Gasteiger partial charge in [-0.05, 0) is 172 Å². The molecule has 0 saturated heterocycles. The number of hydrogen-bond donors (Lipinski definition) is 7. The van der Waals surface area contributed by atoms with E-state index >= 15 is 0 Å². The Morgan fingerprint density at radius 2 is 0.676 bits per heavy atom. The number of nitro benzene ring substituents is 1. The molecule has 10 heterocycles. The van der Waals surface area contributed by atoms with Gasteiger partial charge in [0.2, 0.25) is 17.5 Å². The highest BCUT2D eigenvalue weighted by atomic mass is 79.9. The number of non-ortho nitro benzene ring substituents is 1. The third-order valence-corrected chi connectivity index (χ3v) is 17.1. The summed E-state index contributed by atoms with van der Waals surface area (Å²) >= 11 is 18.7. The molecule has 28 nitrogen and oxygen atoms in total. The van der Waals surface area contributed by atoms with Gasteiger partial charge in [0, 0.05) is 83.3 Å². The number of nitrogens with one attached hydrogen (secondary N) is 2. The van der Waals surface area contributed by atoms with Gasteiger partial charge in [0.25, 0.3) is 5.69 Å². The lowest BCUT2D eigenvalue weighted by Gasteiger charge is -2.03. The Morgan fingerprint density at radius 3 is 1.04 bits per heavy atom. The number of aryl methyl sites for hydroxylation is 8. The average Bonchev–Trinajstić information content (AvgIpc) is 1.69. The van der Waals surface area contributed by atoms with Crippen molar-refractivity contribution >= 4 is 60.7 Å². The van der Waals surface area contributed by atoms with Crippen LogP contribution in [0.25, 0.3) is 115 Å². The van der Waals surface area contributed by atoms with Crippen molar-refractivity contribution in [2.75, 3.05) is 0 Å². The first-order chi connectivity index (χ1) is 50.4. The fourth-order valence-corrected chi connectivity index (χ4v) is 11.4. The number of halogens is 4. The standard InChI is InChI=1S/C15H13BrN4O.C15H13ClN4O.C15H13N5O3.C14H11BrN4O.C14H11ClN4O/c2*1-9-4-3-7-17-13(9)14-18-15(20(2)19-14)11-8-10(16)5-6-12(11)21;1-9-4-3-7-16-13(9)14-17-15(19(2)18-14)11-8-10(20(22)23)5-6-12(11)21;2*1-8-3-2-6-16-12(8)14-17-13(18-19-14)10-7-9(15)4-5-11(10)20/h2*3-8,21H,1-2H3;3-8,21H,1-2H3;2*2-7,20H,1H3,(H,17,18,19). The maximum Gasteiger partial charge on any atom is 0.270 e. The van der Waals surface area contributed by atoms with E-state index in [1.807, 2.05) is 101 Å². The number of pyridine rings is 5. The van der Waals surface area contributed by atoms with Gasteiger partial charge in [-0.1, -0.05) is 85.4 Å². The van der Waals surface area contributed by atoms with E-state index in [0.717, 1.165) is 59.5 Å². The van der Waals surface area contributed by atoms with E-state index < -0.39 is 4.92 Å². The molecule has 0 aliphatic carbocycles. The first-order valence-electron chi connectivity index (χ1n) is 31.5. The van der Waals surface area contributed by atoms with Gasteiger partial charge in [0.15, 0.2) is 40.8 Å². The summed E-state index contributed by atoms with van der Waals surface area (Å²) in [6, 6.07) is 42.7. The van der Waals surface area contributed by atoms with Crippen LogP contribution in [0.1, 0.15) is 27.8 Å². The Kier molecular flexibility index (Phi) is 22.9. The minimum atomic E-state index is -0.525. The average molecular weight is 1580 g/mol. The third kappa shape index (κ3) is 17.4. The summed E-state index contributed by atoms with van der Waals surface area (Å²) in [6.07, 6.45) is 8.47. The van der Waals surface area contributed by atoms with Gasteiger partial charge < -0.3 is 25.5 Å². The van der Waals surface area contributed by atoms with Crippen molar-refractivity contribution in [3.8, 4) is 143 Å². The van der Waals surface area contributed by atoms with Crippen molar-refractivity contribution < 1.29 is 30.5 Å². The molecule has 0 radical (unpaired) electrons. The summed E-state index contributed by atoms with van der Waals surface area (Å²) in [5.74, 6) is 5.25. The summed E-state index contributed by atoms with van der Waals surface area (Å²) in [7, 11) is 5.22. The van der Waals surface area contributed by atoms with E-state index in [1.54, 1.807) is 116 Å². The van der Waals surface area contributed by atoms with Gasteiger partial charge in [0.05, 0.1) is 32.7 Å². The second-order valence-electron chi connectivity index (χ2n) is 23.1. The summed E-state index contributed by atoms with van der Waals surface area (Å²) in [4.78, 5) is 54.0. The van der Waals surface area contributed by atoms with Crippen LogP contribution in [0, 0.1) is 44.7 Å². The monoisotopic (exact) mass is 1570 g/mol. The molecular weight excluding hydrogens is 1510 g/mol. The minimum Gasteiger partial charge on any atom is -0.507 e. The highest BCUT2D eigenvalue weighted by molar-refractivity contribution is 9.10. The summed E-state index contributed by atoms with van der Waals surface area (Å²) in [5, 5.41) is 88.8. The van der Waals surface area contributed by atoms with Crippen LogP contribution in [0.2, 0.25) is 10.0 Å². The Hall–Kier alpha value is -12.5. The molecule has 0 spiro atoms. The lowest BCUT2D eigenvalue weighted by atomic mass is 10.1. The van der Waals surface area contributed by atoms with Crippen molar-refractivity contribution in [2.24, 2.45) is 21.1 Å². The molecule has 0 aliphatic rings. The number of aromatic hydroxyl groups is 5. The number of benzene rings is 5. The molecule has 105 heavy (non-hydrogen) atoms. The largest absolute Gasteiger partial charge is 0.507 e. The van der Waals surface area contributed by atoms with Crippen LogP contribution in [-0.4, -0.2) is 130 Å². The molecule has 5 aromatic carbocycles. The Balaban J connectivity index is 0.000000131. The van der Waals surface area contributed by atoms with Crippen molar-refractivity contribution in [3.63, 3.8) is 0 Å². The molecule has 0 amide bonds. The van der Waals surface area contributed by atoms with Crippen LogP contribution >= 0.6 is 55.1 Å². The lowest BCUT2D eigenvalue weighted by Crippen LogP contribution is -1.96. The first-order valence-corrected chi connectivity index (χ1v) is 33.8. The van der Waals surface area contributed by atoms with E-state index in [2.05, 4.69) is 117 Å². The third-order valence-electron chi connectivity index (χ3n) is 15.6. The SMILES string of the molecule is Cc1cccnc1-c1nc(-c2cc(Br)ccc2O)n(C)n1.Cc1cccnc1-c1nc(-c2cc(Br)ccc2O)n[nH]1.Cc1cccnc1-c1nc(-c2cc(Cl)ccc2O)n(C)n1.Cc1cccnc1-c1nc(-c2cc(Cl)ccc2O)n[nH]1.Cc1cccnc1-c1nc(-c2cc([N+](=O)[O-])ccc2O)n(C)n1. The second-order valence-corrected chi connectivity index (χ2v) is 25.8. The highest BCUT2D eigenvalue weighted by Gasteiger charge is 2.23. The van der Waals surface area contributed by atoms with E-state index in [9.17, 15) is 35.6 Å². The normalized spacial score (nSPS) is 10.7. The Bertz CT molecular complexity index is 5400. The van der Waals surface area contributed by atoms with Crippen LogP contribution < -0.4 is 0 Å². The van der Waals surface area contributed by atoms with Gasteiger partial charge in [-0.3, -0.25) is 45.2 Å². The fraction of sp³-hybridized carbons (Fsp3) is 0.110. The molecule has 10 aromatic heterocycles. The van der Waals surface area contributed by atoms with E-state index in [4.69, 9.17) is 23.2 Å². The van der Waals surface area contributed by atoms with Gasteiger partial charge in [-0.25, -0.2) is 39.0 Å². The zero-order valence-corrected chi connectivity index (χ0v) is 61.6. The number of aromatic nitrogens is 20. The number of rotatable bonds is 11. The summed E-state index contributed by atoms with van der Waals surface area (Å²) in [6.45, 7) is 9.72. The number of nitro groups is 1. The van der Waals surface area contributed by atoms with Crippen molar-refractivity contribution in [2.45, 2.75) is 34.6 Å². The minimum absolute atomic E-state index is 0.0812. The highest BCUT2D eigenvalue weighted by Crippen LogP contribution is 2.37. The number of H-pyrrole nitrogens is 2. The van der Waals surface area contributed by atoms with Gasteiger partial charge in [-0.15, -0.1) is 15.3 Å². The first kappa shape index (κ1) is 73.7. The van der Waals surface area contributed by atoms with E-state index in [1.165, 1.54) is 35.0 Å². The molecule has 0 unspecified atom stereocenters. The number of hydrogen-bond acceptors (Lipinski definition) is 22. The molecule has 0 fully saturated rings. The van der Waals surface area contributed by atoms with Crippen molar-refractivity contribution in [3.05, 3.63) is 240 Å². The number of phenolic OH excluding ortho intramolecular Hbond substituents is 5. The van der Waals surface area contributed by atoms with Gasteiger partial charge >= 0.3 is 0 Å². The van der Waals surface area contributed by atoms with Gasteiger partial charge in [0.1, 0.15) is 57.2 Å². The predicted molar refractivity (Wildman–Crippen MR) is 403 cm³/mol. The Labute approximate surface area is 625 Å². The molecule has 15 rings (SSSR count). The predicted octanol–water partition coefficient (Wildman–Crippen LogP) is 15.5. The molecule has 15 aromatic rings. The number of aromatic amines is 2. The molecule has 0 atom stereocenters. The Morgan fingerprint density at radius 1 is 0.381 bits per heavy atom. The molecule has 0 aliphatic heterocycles. The molecule has 0 saturated carbocycles. The van der Waals surface area contributed by atoms with Crippen LogP contribution in [0.4, 0.5) is 5.69 Å². The maximum absolute atomic E-state index is 10.9. The van der Waals surface area contributed by atoms with Crippen LogP contribution in [-0.2, 0) is 21.1 Å². The quantitative estimate of drug-likeness (QED) is 0.0467. The zero-order chi connectivity index (χ0) is 74.8. The van der Waals surface area contributed by atoms with Crippen molar-refractivity contribution in [1.82, 2.24) is 99.6 Å². The van der Waals surface area contributed by atoms with Crippen LogP contribution in [0.15, 0.2) is 192 Å². The van der Waals surface area contributed by atoms with E-state index in [0.29, 0.717) is 96.2 Å². The number of phenols is 5. The molecular formula is C73H61Br2Cl2N21O7. The molecule has 7 N–H and O–H groups in total. The summed E-state index contributed by atoms with van der Waals surface area (Å²) in [5.41, 5.74) is 10.8.